The number of carboxylic acids is 1. The topological polar surface area (TPSA) is 46.5 Å². The second kappa shape index (κ2) is 2.54. The van der Waals surface area contributed by atoms with Gasteiger partial charge in [0.15, 0.2) is 6.10 Å². The number of hydrogen-bond acceptors (Lipinski definition) is 2. The number of carbonyl (C=O) groups is 1. The predicted molar refractivity (Wildman–Crippen MR) is 31.4 cm³/mol. The highest BCUT2D eigenvalue weighted by atomic mass is 35.5. The highest BCUT2D eigenvalue weighted by Gasteiger charge is 2.28. The molecule has 0 saturated carbocycles. The molecule has 4 heteroatoms. The maximum Gasteiger partial charge on any atom is 0.332 e. The van der Waals surface area contributed by atoms with Crippen molar-refractivity contribution >= 4 is 17.6 Å². The van der Waals surface area contributed by atoms with E-state index < -0.39 is 17.6 Å². The predicted octanol–water partition coefficient (Wildman–Crippen LogP) is 0.815. The van der Waals surface area contributed by atoms with Crippen molar-refractivity contribution in [1.29, 1.82) is 0 Å². The molecule has 0 aliphatic carbocycles. The zero-order valence-electron chi connectivity index (χ0n) is 4.71. The molecule has 2 unspecified atom stereocenters. The first-order chi connectivity index (χ1) is 4.20. The minimum atomic E-state index is -0.918. The summed E-state index contributed by atoms with van der Waals surface area (Å²) in [5, 5.41) is 8.35. The van der Waals surface area contributed by atoms with Gasteiger partial charge in [-0.25, -0.2) is 4.79 Å². The van der Waals surface area contributed by atoms with E-state index in [1.54, 1.807) is 0 Å². The first-order valence-corrected chi connectivity index (χ1v) is 3.16. The maximum atomic E-state index is 10.2. The number of halogens is 1. The van der Waals surface area contributed by atoms with Crippen molar-refractivity contribution < 1.29 is 14.6 Å². The summed E-state index contributed by atoms with van der Waals surface area (Å²) in [6.45, 7) is 0. The molecule has 0 spiro atoms. The van der Waals surface area contributed by atoms with Gasteiger partial charge >= 0.3 is 5.97 Å². The van der Waals surface area contributed by atoms with Crippen molar-refractivity contribution in [3.8, 4) is 0 Å². The molecule has 0 aromatic heterocycles. The summed E-state index contributed by atoms with van der Waals surface area (Å²) in [6.07, 6.45) is 0.495. The Hall–Kier alpha value is -0.280. The van der Waals surface area contributed by atoms with Crippen LogP contribution in [0.15, 0.2) is 0 Å². The second-order valence-corrected chi connectivity index (χ2v) is 2.44. The molecule has 0 aromatic rings. The van der Waals surface area contributed by atoms with Crippen LogP contribution in [0.5, 0.6) is 0 Å². The van der Waals surface area contributed by atoms with Crippen molar-refractivity contribution in [2.75, 3.05) is 0 Å². The Morgan fingerprint density at radius 3 is 2.56 bits per heavy atom. The molecule has 1 heterocycles. The van der Waals surface area contributed by atoms with Gasteiger partial charge in [0.2, 0.25) is 0 Å². The molecule has 0 amide bonds. The van der Waals surface area contributed by atoms with E-state index in [1.807, 2.05) is 0 Å². The normalized spacial score (nSPS) is 34.8. The molecule has 1 rings (SSSR count). The first kappa shape index (κ1) is 6.83. The fraction of sp³-hybridized carbons (Fsp3) is 0.800. The fourth-order valence-corrected chi connectivity index (χ4v) is 1.03. The lowest BCUT2D eigenvalue weighted by Crippen LogP contribution is -2.18. The number of ether oxygens (including phenoxy) is 1. The van der Waals surface area contributed by atoms with Crippen molar-refractivity contribution in [2.24, 2.45) is 0 Å². The molecule has 1 fully saturated rings. The highest BCUT2D eigenvalue weighted by Crippen LogP contribution is 2.21. The Kier molecular flexibility index (Phi) is 1.93. The molecule has 1 saturated heterocycles. The lowest BCUT2D eigenvalue weighted by atomic mass is 10.2. The van der Waals surface area contributed by atoms with Crippen molar-refractivity contribution in [2.45, 2.75) is 24.5 Å². The SMILES string of the molecule is O=C(O)C1CCC(Cl)O1. The number of carboxylic acid groups (broad SMARTS) is 1. The average molecular weight is 151 g/mol. The number of alkyl halides is 1. The molecule has 0 radical (unpaired) electrons. The van der Waals surface area contributed by atoms with Crippen LogP contribution in [0.4, 0.5) is 0 Å². The summed E-state index contributed by atoms with van der Waals surface area (Å²) in [5.41, 5.74) is -0.397. The van der Waals surface area contributed by atoms with E-state index in [2.05, 4.69) is 0 Å². The van der Waals surface area contributed by atoms with Gasteiger partial charge < -0.3 is 9.84 Å². The van der Waals surface area contributed by atoms with Crippen molar-refractivity contribution in [3.05, 3.63) is 0 Å². The molecule has 1 N–H and O–H groups in total. The summed E-state index contributed by atoms with van der Waals surface area (Å²) >= 11 is 5.47. The third kappa shape index (κ3) is 1.56. The lowest BCUT2D eigenvalue weighted by molar-refractivity contribution is -0.147. The Bertz CT molecular complexity index is 125. The van der Waals surface area contributed by atoms with E-state index in [0.29, 0.717) is 12.8 Å². The van der Waals surface area contributed by atoms with Crippen molar-refractivity contribution in [3.63, 3.8) is 0 Å². The van der Waals surface area contributed by atoms with Gasteiger partial charge in [-0.05, 0) is 12.8 Å². The molecule has 1 aliphatic rings. The Morgan fingerprint density at radius 1 is 1.67 bits per heavy atom. The minimum Gasteiger partial charge on any atom is -0.479 e. The summed E-state index contributed by atoms with van der Waals surface area (Å²) in [5.74, 6) is -0.918. The quantitative estimate of drug-likeness (QED) is 0.563. The van der Waals surface area contributed by atoms with Gasteiger partial charge in [-0.1, -0.05) is 11.6 Å². The highest BCUT2D eigenvalue weighted by molar-refractivity contribution is 6.19. The molecule has 0 bridgehead atoms. The summed E-state index contributed by atoms with van der Waals surface area (Å²) in [4.78, 5) is 10.2. The van der Waals surface area contributed by atoms with Gasteiger partial charge in [0.25, 0.3) is 0 Å². The van der Waals surface area contributed by atoms with E-state index in [-0.39, 0.29) is 0 Å². The van der Waals surface area contributed by atoms with Gasteiger partial charge in [0.05, 0.1) is 0 Å². The Morgan fingerprint density at radius 2 is 2.33 bits per heavy atom. The third-order valence-corrected chi connectivity index (χ3v) is 1.56. The zero-order valence-corrected chi connectivity index (χ0v) is 5.47. The van der Waals surface area contributed by atoms with Crippen LogP contribution < -0.4 is 0 Å². The lowest BCUT2D eigenvalue weighted by Gasteiger charge is -2.01. The van der Waals surface area contributed by atoms with E-state index >= 15 is 0 Å². The molecule has 1 aliphatic heterocycles. The second-order valence-electron chi connectivity index (χ2n) is 1.95. The van der Waals surface area contributed by atoms with Gasteiger partial charge in [-0.2, -0.15) is 0 Å². The average Bonchev–Trinajstić information content (AvgIpc) is 2.14. The Labute approximate surface area is 57.6 Å². The molecule has 0 aromatic carbocycles. The summed E-state index contributed by atoms with van der Waals surface area (Å²) in [7, 11) is 0. The van der Waals surface area contributed by atoms with Crippen molar-refractivity contribution in [1.82, 2.24) is 0 Å². The monoisotopic (exact) mass is 150 g/mol. The van der Waals surface area contributed by atoms with Crippen LogP contribution in [0.1, 0.15) is 12.8 Å². The standard InChI is InChI=1S/C5H7ClO3/c6-4-2-1-3(9-4)5(7)8/h3-4H,1-2H2,(H,7,8). The van der Waals surface area contributed by atoms with Crippen LogP contribution in [0, 0.1) is 0 Å². The molecular formula is C5H7ClO3. The third-order valence-electron chi connectivity index (χ3n) is 1.24. The van der Waals surface area contributed by atoms with E-state index in [0.717, 1.165) is 0 Å². The molecule has 3 nitrogen and oxygen atoms in total. The van der Waals surface area contributed by atoms with Crippen LogP contribution >= 0.6 is 11.6 Å². The van der Waals surface area contributed by atoms with Crippen LogP contribution in [-0.4, -0.2) is 22.7 Å². The zero-order chi connectivity index (χ0) is 6.85. The van der Waals surface area contributed by atoms with Crippen LogP contribution in [0.2, 0.25) is 0 Å². The van der Waals surface area contributed by atoms with Gasteiger partial charge in [0.1, 0.15) is 5.56 Å². The largest absolute Gasteiger partial charge is 0.479 e. The minimum absolute atomic E-state index is 0.397. The molecule has 9 heavy (non-hydrogen) atoms. The Balaban J connectivity index is 2.39. The molecule has 52 valence electrons. The van der Waals surface area contributed by atoms with Gasteiger partial charge in [0, 0.05) is 0 Å². The van der Waals surface area contributed by atoms with E-state index in [9.17, 15) is 4.79 Å². The fourth-order valence-electron chi connectivity index (χ4n) is 0.778. The number of hydrogen-bond donors (Lipinski definition) is 1. The first-order valence-electron chi connectivity index (χ1n) is 2.72. The summed E-state index contributed by atoms with van der Waals surface area (Å²) in [6, 6.07) is 0. The van der Waals surface area contributed by atoms with E-state index in [4.69, 9.17) is 21.4 Å². The van der Waals surface area contributed by atoms with E-state index in [1.165, 1.54) is 0 Å². The number of aliphatic carboxylic acids is 1. The smallest absolute Gasteiger partial charge is 0.332 e. The molecule has 2 atom stereocenters. The van der Waals surface area contributed by atoms with Crippen LogP contribution in [0.25, 0.3) is 0 Å². The van der Waals surface area contributed by atoms with Gasteiger partial charge in [-0.3, -0.25) is 0 Å². The molecular weight excluding hydrogens is 144 g/mol. The van der Waals surface area contributed by atoms with Gasteiger partial charge in [-0.15, -0.1) is 0 Å². The number of rotatable bonds is 1. The maximum absolute atomic E-state index is 10.2. The summed E-state index contributed by atoms with van der Waals surface area (Å²) < 4.78 is 4.79. The van der Waals surface area contributed by atoms with Crippen LogP contribution in [-0.2, 0) is 9.53 Å². The van der Waals surface area contributed by atoms with Crippen LogP contribution in [0.3, 0.4) is 0 Å².